The lowest BCUT2D eigenvalue weighted by Gasteiger charge is -2.12. The van der Waals surface area contributed by atoms with Crippen LogP contribution in [0.4, 0.5) is 5.69 Å². The van der Waals surface area contributed by atoms with Crippen LogP contribution in [0.5, 0.6) is 0 Å². The molecule has 0 aliphatic heterocycles. The van der Waals surface area contributed by atoms with Gasteiger partial charge in [-0.05, 0) is 30.8 Å². The summed E-state index contributed by atoms with van der Waals surface area (Å²) < 4.78 is 5.46. The number of nitrogens with zero attached hydrogens (tertiary/aromatic N) is 1. The summed E-state index contributed by atoms with van der Waals surface area (Å²) in [4.78, 5) is 2.09. The molecule has 0 amide bonds. The monoisotopic (exact) mass is 230 g/mol. The summed E-state index contributed by atoms with van der Waals surface area (Å²) in [6.45, 7) is 0.748. The number of hydrogen-bond acceptors (Lipinski definition) is 3. The van der Waals surface area contributed by atoms with Gasteiger partial charge in [0.15, 0.2) is 0 Å². The van der Waals surface area contributed by atoms with E-state index in [9.17, 15) is 0 Å². The minimum Gasteiger partial charge on any atom is -0.467 e. The van der Waals surface area contributed by atoms with Crippen molar-refractivity contribution in [3.8, 4) is 11.1 Å². The Morgan fingerprint density at radius 1 is 1.12 bits per heavy atom. The number of furan rings is 1. The molecular formula is C14H18N2O. The maximum Gasteiger partial charge on any atom is 0.125 e. The van der Waals surface area contributed by atoms with Gasteiger partial charge in [0.25, 0.3) is 0 Å². The van der Waals surface area contributed by atoms with Crippen molar-refractivity contribution in [2.75, 3.05) is 26.0 Å². The Balaban J connectivity index is 2.30. The van der Waals surface area contributed by atoms with E-state index in [4.69, 9.17) is 4.42 Å². The van der Waals surface area contributed by atoms with E-state index in [1.54, 1.807) is 6.26 Å². The van der Waals surface area contributed by atoms with Gasteiger partial charge in [-0.15, -0.1) is 0 Å². The van der Waals surface area contributed by atoms with Crippen LogP contribution in [-0.4, -0.2) is 21.1 Å². The van der Waals surface area contributed by atoms with E-state index < -0.39 is 0 Å². The van der Waals surface area contributed by atoms with Crippen LogP contribution in [-0.2, 0) is 6.54 Å². The largest absolute Gasteiger partial charge is 0.467 e. The average molecular weight is 230 g/mol. The molecule has 0 spiro atoms. The first-order chi connectivity index (χ1) is 8.22. The molecule has 0 radical (unpaired) electrons. The molecule has 3 heteroatoms. The Morgan fingerprint density at radius 2 is 1.82 bits per heavy atom. The van der Waals surface area contributed by atoms with Crippen LogP contribution in [0, 0.1) is 0 Å². The van der Waals surface area contributed by atoms with Crippen LogP contribution in [0.25, 0.3) is 11.1 Å². The van der Waals surface area contributed by atoms with E-state index in [0.717, 1.165) is 17.9 Å². The topological polar surface area (TPSA) is 28.4 Å². The van der Waals surface area contributed by atoms with Crippen LogP contribution in [0.2, 0.25) is 0 Å². The van der Waals surface area contributed by atoms with Gasteiger partial charge >= 0.3 is 0 Å². The predicted molar refractivity (Wildman–Crippen MR) is 71.2 cm³/mol. The molecule has 0 fully saturated rings. The van der Waals surface area contributed by atoms with E-state index in [0.29, 0.717) is 0 Å². The van der Waals surface area contributed by atoms with Gasteiger partial charge < -0.3 is 14.6 Å². The molecule has 1 N–H and O–H groups in total. The van der Waals surface area contributed by atoms with Crippen LogP contribution in [0.1, 0.15) is 5.76 Å². The van der Waals surface area contributed by atoms with Crippen LogP contribution >= 0.6 is 0 Å². The molecule has 1 aromatic carbocycles. The Hall–Kier alpha value is -1.74. The molecule has 0 aliphatic carbocycles. The molecule has 90 valence electrons. The molecule has 0 saturated heterocycles. The highest BCUT2D eigenvalue weighted by Gasteiger charge is 2.07. The number of anilines is 1. The van der Waals surface area contributed by atoms with Crippen LogP contribution < -0.4 is 10.2 Å². The Labute approximate surface area is 102 Å². The van der Waals surface area contributed by atoms with Crippen molar-refractivity contribution in [3.63, 3.8) is 0 Å². The SMILES string of the molecule is CNCc1occc1-c1ccc(N(C)C)cc1. The second-order valence-electron chi connectivity index (χ2n) is 4.23. The Bertz CT molecular complexity index is 471. The fourth-order valence-corrected chi connectivity index (χ4v) is 1.83. The van der Waals surface area contributed by atoms with Gasteiger partial charge in [0.2, 0.25) is 0 Å². The van der Waals surface area contributed by atoms with Gasteiger partial charge in [-0.3, -0.25) is 0 Å². The minimum absolute atomic E-state index is 0.748. The first kappa shape index (κ1) is 11.7. The fourth-order valence-electron chi connectivity index (χ4n) is 1.83. The molecular weight excluding hydrogens is 212 g/mol. The van der Waals surface area contributed by atoms with Crippen molar-refractivity contribution in [2.45, 2.75) is 6.54 Å². The molecule has 0 aliphatic rings. The Kier molecular flexibility index (Phi) is 3.49. The van der Waals surface area contributed by atoms with Gasteiger partial charge in [-0.1, -0.05) is 12.1 Å². The zero-order valence-electron chi connectivity index (χ0n) is 10.5. The van der Waals surface area contributed by atoms with Crippen molar-refractivity contribution in [3.05, 3.63) is 42.4 Å². The third kappa shape index (κ3) is 2.50. The lowest BCUT2D eigenvalue weighted by atomic mass is 10.1. The molecule has 0 bridgehead atoms. The van der Waals surface area contributed by atoms with Gasteiger partial charge in [0.05, 0.1) is 12.8 Å². The lowest BCUT2D eigenvalue weighted by molar-refractivity contribution is 0.497. The molecule has 0 saturated carbocycles. The van der Waals surface area contributed by atoms with Crippen molar-refractivity contribution in [2.24, 2.45) is 0 Å². The normalized spacial score (nSPS) is 10.5. The van der Waals surface area contributed by atoms with Crippen molar-refractivity contribution >= 4 is 5.69 Å². The van der Waals surface area contributed by atoms with E-state index in [1.165, 1.54) is 11.3 Å². The highest BCUT2D eigenvalue weighted by molar-refractivity contribution is 5.67. The molecule has 0 unspecified atom stereocenters. The van der Waals surface area contributed by atoms with Gasteiger partial charge in [-0.25, -0.2) is 0 Å². The fraction of sp³-hybridized carbons (Fsp3) is 0.286. The zero-order chi connectivity index (χ0) is 12.3. The van der Waals surface area contributed by atoms with E-state index in [-0.39, 0.29) is 0 Å². The summed E-state index contributed by atoms with van der Waals surface area (Å²) in [6, 6.07) is 10.5. The standard InChI is InChI=1S/C14H18N2O/c1-15-10-14-13(8-9-17-14)11-4-6-12(7-5-11)16(2)3/h4-9,15H,10H2,1-3H3. The molecule has 1 heterocycles. The first-order valence-corrected chi connectivity index (χ1v) is 5.71. The van der Waals surface area contributed by atoms with Crippen LogP contribution in [0.3, 0.4) is 0 Å². The van der Waals surface area contributed by atoms with Gasteiger partial charge in [0, 0.05) is 25.3 Å². The van der Waals surface area contributed by atoms with E-state index in [1.807, 2.05) is 27.2 Å². The maximum absolute atomic E-state index is 5.46. The van der Waals surface area contributed by atoms with Crippen molar-refractivity contribution < 1.29 is 4.42 Å². The smallest absolute Gasteiger partial charge is 0.125 e. The molecule has 2 rings (SSSR count). The molecule has 3 nitrogen and oxygen atoms in total. The summed E-state index contributed by atoms with van der Waals surface area (Å²) >= 11 is 0. The maximum atomic E-state index is 5.46. The summed E-state index contributed by atoms with van der Waals surface area (Å²) in [5.41, 5.74) is 3.55. The highest BCUT2D eigenvalue weighted by atomic mass is 16.3. The van der Waals surface area contributed by atoms with Crippen LogP contribution in [0.15, 0.2) is 41.0 Å². The van der Waals surface area contributed by atoms with E-state index in [2.05, 4.69) is 34.5 Å². The van der Waals surface area contributed by atoms with Gasteiger partial charge in [-0.2, -0.15) is 0 Å². The van der Waals surface area contributed by atoms with Gasteiger partial charge in [0.1, 0.15) is 5.76 Å². The number of nitrogens with one attached hydrogen (secondary N) is 1. The third-order valence-electron chi connectivity index (χ3n) is 2.78. The average Bonchev–Trinajstić information content (AvgIpc) is 2.78. The number of benzene rings is 1. The summed E-state index contributed by atoms with van der Waals surface area (Å²) in [5.74, 6) is 0.977. The molecule has 0 atom stereocenters. The molecule has 1 aromatic heterocycles. The lowest BCUT2D eigenvalue weighted by Crippen LogP contribution is -2.08. The highest BCUT2D eigenvalue weighted by Crippen LogP contribution is 2.26. The third-order valence-corrected chi connectivity index (χ3v) is 2.78. The number of rotatable bonds is 4. The van der Waals surface area contributed by atoms with E-state index >= 15 is 0 Å². The second kappa shape index (κ2) is 5.06. The van der Waals surface area contributed by atoms with Crippen molar-refractivity contribution in [1.29, 1.82) is 0 Å². The Morgan fingerprint density at radius 3 is 2.41 bits per heavy atom. The number of hydrogen-bond donors (Lipinski definition) is 1. The molecule has 17 heavy (non-hydrogen) atoms. The van der Waals surface area contributed by atoms with Crippen molar-refractivity contribution in [1.82, 2.24) is 5.32 Å². The minimum atomic E-state index is 0.748. The summed E-state index contributed by atoms with van der Waals surface area (Å²) in [5, 5.41) is 3.11. The molecule has 2 aromatic rings. The quantitative estimate of drug-likeness (QED) is 0.875. The predicted octanol–water partition coefficient (Wildman–Crippen LogP) is 2.73. The zero-order valence-corrected chi connectivity index (χ0v) is 10.5. The summed E-state index contributed by atoms with van der Waals surface area (Å²) in [6.07, 6.45) is 1.74. The second-order valence-corrected chi connectivity index (χ2v) is 4.23. The summed E-state index contributed by atoms with van der Waals surface area (Å²) in [7, 11) is 6.00. The first-order valence-electron chi connectivity index (χ1n) is 5.71.